The zero-order valence-corrected chi connectivity index (χ0v) is 24.2. The summed E-state index contributed by atoms with van der Waals surface area (Å²) in [5.74, 6) is -0.102. The van der Waals surface area contributed by atoms with Crippen molar-refractivity contribution in [2.45, 2.75) is 45.9 Å². The number of nitrogens with zero attached hydrogens (tertiary/aromatic N) is 2. The Balaban J connectivity index is 1.59. The second kappa shape index (κ2) is 12.9. The number of rotatable bonds is 7. The highest BCUT2D eigenvalue weighted by molar-refractivity contribution is 6.07. The third-order valence-electron chi connectivity index (χ3n) is 7.17. The average Bonchev–Trinajstić information content (AvgIpc) is 2.94. The molecule has 0 saturated heterocycles. The van der Waals surface area contributed by atoms with E-state index in [4.69, 9.17) is 4.74 Å². The standard InChI is InChI=1S/C31H39N5O5/c1-19(2)32-31(40)35(5)17-28-20(3)16-36(21(4)18-37)29(38)25-15-23(13-14-27(25)41-28)33-30(39)34-26-12-8-10-22-9-6-7-11-24(22)26/h6-15,19-21,28,37H,16-18H2,1-5H3,(H,32,40)(H2,33,34,39)/t20-,21+,28-/m0/s1. The fraction of sp³-hybridized carbons (Fsp3) is 0.387. The molecule has 3 aromatic rings. The zero-order valence-electron chi connectivity index (χ0n) is 24.2. The van der Waals surface area contributed by atoms with Crippen LogP contribution < -0.4 is 20.7 Å². The fourth-order valence-corrected chi connectivity index (χ4v) is 4.85. The highest BCUT2D eigenvalue weighted by Gasteiger charge is 2.34. The largest absolute Gasteiger partial charge is 0.487 e. The van der Waals surface area contributed by atoms with E-state index in [1.165, 1.54) is 0 Å². The van der Waals surface area contributed by atoms with E-state index in [1.807, 2.05) is 63.2 Å². The van der Waals surface area contributed by atoms with Crippen LogP contribution >= 0.6 is 0 Å². The number of hydrogen-bond donors (Lipinski definition) is 4. The Morgan fingerprint density at radius 3 is 2.54 bits per heavy atom. The molecule has 0 aromatic heterocycles. The van der Waals surface area contributed by atoms with Gasteiger partial charge in [0.05, 0.1) is 30.4 Å². The molecular formula is C31H39N5O5. The van der Waals surface area contributed by atoms with E-state index in [-0.39, 0.29) is 36.1 Å². The molecule has 0 unspecified atom stereocenters. The number of benzene rings is 3. The van der Waals surface area contributed by atoms with Crippen LogP contribution in [0.3, 0.4) is 0 Å². The van der Waals surface area contributed by atoms with Gasteiger partial charge in [-0.25, -0.2) is 9.59 Å². The van der Waals surface area contributed by atoms with Gasteiger partial charge in [0.15, 0.2) is 0 Å². The van der Waals surface area contributed by atoms with Gasteiger partial charge in [-0.2, -0.15) is 0 Å². The van der Waals surface area contributed by atoms with Crippen molar-refractivity contribution in [1.82, 2.24) is 15.1 Å². The number of aliphatic hydroxyl groups is 1. The minimum atomic E-state index is -0.453. The monoisotopic (exact) mass is 561 g/mol. The first kappa shape index (κ1) is 29.7. The molecule has 41 heavy (non-hydrogen) atoms. The van der Waals surface area contributed by atoms with Crippen LogP contribution in [0.2, 0.25) is 0 Å². The SMILES string of the molecule is CC(C)NC(=O)N(C)C[C@@H]1Oc2ccc(NC(=O)Nc3cccc4ccccc34)cc2C(=O)N([C@H](C)CO)C[C@@H]1C. The fourth-order valence-electron chi connectivity index (χ4n) is 4.85. The predicted octanol–water partition coefficient (Wildman–Crippen LogP) is 4.75. The molecule has 0 fully saturated rings. The molecule has 4 rings (SSSR count). The van der Waals surface area contributed by atoms with Crippen LogP contribution in [-0.2, 0) is 0 Å². The average molecular weight is 562 g/mol. The normalized spacial score (nSPS) is 17.6. The van der Waals surface area contributed by atoms with Crippen LogP contribution in [0.1, 0.15) is 38.1 Å². The van der Waals surface area contributed by atoms with Crippen LogP contribution in [-0.4, -0.2) is 77.8 Å². The summed E-state index contributed by atoms with van der Waals surface area (Å²) < 4.78 is 6.35. The number of fused-ring (bicyclic) bond motifs is 2. The van der Waals surface area contributed by atoms with E-state index < -0.39 is 18.2 Å². The van der Waals surface area contributed by atoms with Crippen LogP contribution in [0.25, 0.3) is 10.8 Å². The third kappa shape index (κ3) is 7.07. The topological polar surface area (TPSA) is 123 Å². The summed E-state index contributed by atoms with van der Waals surface area (Å²) in [5, 5.41) is 20.4. The number of carbonyl (C=O) groups excluding carboxylic acids is 3. The lowest BCUT2D eigenvalue weighted by atomic mass is 9.99. The lowest BCUT2D eigenvalue weighted by molar-refractivity contribution is 0.0366. The summed E-state index contributed by atoms with van der Waals surface area (Å²) in [4.78, 5) is 42.4. The van der Waals surface area contributed by atoms with Crippen molar-refractivity contribution < 1.29 is 24.2 Å². The summed E-state index contributed by atoms with van der Waals surface area (Å²) in [6.07, 6.45) is -0.424. The van der Waals surface area contributed by atoms with Gasteiger partial charge in [-0.3, -0.25) is 4.79 Å². The molecule has 5 amide bonds. The zero-order chi connectivity index (χ0) is 29.7. The van der Waals surface area contributed by atoms with E-state index in [1.54, 1.807) is 42.0 Å². The van der Waals surface area contributed by atoms with Crippen molar-refractivity contribution in [3.05, 3.63) is 66.2 Å². The third-order valence-corrected chi connectivity index (χ3v) is 7.17. The van der Waals surface area contributed by atoms with Crippen LogP contribution in [0.4, 0.5) is 21.0 Å². The molecule has 1 aliphatic rings. The highest BCUT2D eigenvalue weighted by atomic mass is 16.5. The Morgan fingerprint density at radius 2 is 1.80 bits per heavy atom. The van der Waals surface area contributed by atoms with Gasteiger partial charge in [-0.15, -0.1) is 0 Å². The number of anilines is 2. The van der Waals surface area contributed by atoms with Crippen molar-refractivity contribution in [2.75, 3.05) is 37.4 Å². The predicted molar refractivity (Wildman–Crippen MR) is 160 cm³/mol. The van der Waals surface area contributed by atoms with E-state index in [0.717, 1.165) is 10.8 Å². The summed E-state index contributed by atoms with van der Waals surface area (Å²) in [6.45, 7) is 7.94. The van der Waals surface area contributed by atoms with Crippen LogP contribution in [0.15, 0.2) is 60.7 Å². The minimum absolute atomic E-state index is 0.0106. The van der Waals surface area contributed by atoms with E-state index in [2.05, 4.69) is 16.0 Å². The maximum absolute atomic E-state index is 13.7. The number of carbonyl (C=O) groups is 3. The number of hydrogen-bond acceptors (Lipinski definition) is 5. The van der Waals surface area contributed by atoms with Gasteiger partial charge in [0.2, 0.25) is 0 Å². The quantitative estimate of drug-likeness (QED) is 0.331. The van der Waals surface area contributed by atoms with Crippen molar-refractivity contribution in [3.63, 3.8) is 0 Å². The van der Waals surface area contributed by atoms with Gasteiger partial charge in [-0.1, -0.05) is 43.3 Å². The lowest BCUT2D eigenvalue weighted by Crippen LogP contribution is -2.51. The smallest absolute Gasteiger partial charge is 0.323 e. The Bertz CT molecular complexity index is 1410. The van der Waals surface area contributed by atoms with Gasteiger partial charge in [0.1, 0.15) is 11.9 Å². The van der Waals surface area contributed by atoms with Crippen LogP contribution in [0, 0.1) is 5.92 Å². The van der Waals surface area contributed by atoms with E-state index >= 15 is 0 Å². The molecule has 10 heteroatoms. The van der Waals surface area contributed by atoms with Gasteiger partial charge in [0, 0.05) is 36.6 Å². The molecule has 10 nitrogen and oxygen atoms in total. The second-order valence-electron chi connectivity index (χ2n) is 10.9. The molecular weight excluding hydrogens is 522 g/mol. The Kier molecular flexibility index (Phi) is 9.34. The molecule has 1 aliphatic heterocycles. The van der Waals surface area contributed by atoms with Gasteiger partial charge in [-0.05, 0) is 50.4 Å². The lowest BCUT2D eigenvalue weighted by Gasteiger charge is -2.38. The molecule has 1 heterocycles. The molecule has 3 aromatic carbocycles. The molecule has 0 aliphatic carbocycles. The Labute approximate surface area is 240 Å². The number of nitrogens with one attached hydrogen (secondary N) is 3. The summed E-state index contributed by atoms with van der Waals surface area (Å²) >= 11 is 0. The molecule has 0 saturated carbocycles. The summed E-state index contributed by atoms with van der Waals surface area (Å²) in [7, 11) is 1.70. The maximum atomic E-state index is 13.7. The summed E-state index contributed by atoms with van der Waals surface area (Å²) in [6, 6.07) is 17.2. The first-order valence-corrected chi connectivity index (χ1v) is 13.9. The number of urea groups is 2. The Hall–Kier alpha value is -4.31. The number of amides is 5. The van der Waals surface area contributed by atoms with E-state index in [0.29, 0.717) is 30.2 Å². The number of aliphatic hydroxyl groups excluding tert-OH is 1. The number of likely N-dealkylation sites (N-methyl/N-ethyl adjacent to an activating group) is 1. The molecule has 3 atom stereocenters. The first-order valence-electron chi connectivity index (χ1n) is 13.9. The summed E-state index contributed by atoms with van der Waals surface area (Å²) in [5.41, 5.74) is 1.34. The van der Waals surface area contributed by atoms with Gasteiger partial charge < -0.3 is 35.6 Å². The molecule has 4 N–H and O–H groups in total. The van der Waals surface area contributed by atoms with Crippen molar-refractivity contribution in [1.29, 1.82) is 0 Å². The van der Waals surface area contributed by atoms with Gasteiger partial charge >= 0.3 is 12.1 Å². The maximum Gasteiger partial charge on any atom is 0.323 e. The van der Waals surface area contributed by atoms with E-state index in [9.17, 15) is 19.5 Å². The highest BCUT2D eigenvalue weighted by Crippen LogP contribution is 2.31. The van der Waals surface area contributed by atoms with Crippen LogP contribution in [0.5, 0.6) is 5.75 Å². The second-order valence-corrected chi connectivity index (χ2v) is 10.9. The number of ether oxygens (including phenoxy) is 1. The molecule has 218 valence electrons. The van der Waals surface area contributed by atoms with Crippen molar-refractivity contribution >= 4 is 40.1 Å². The first-order chi connectivity index (χ1) is 19.6. The Morgan fingerprint density at radius 1 is 1.07 bits per heavy atom. The van der Waals surface area contributed by atoms with Gasteiger partial charge in [0.25, 0.3) is 5.91 Å². The molecule has 0 bridgehead atoms. The minimum Gasteiger partial charge on any atom is -0.487 e. The molecule has 0 spiro atoms. The van der Waals surface area contributed by atoms with Crippen molar-refractivity contribution in [2.24, 2.45) is 5.92 Å². The molecule has 0 radical (unpaired) electrons. The van der Waals surface area contributed by atoms with Crippen molar-refractivity contribution in [3.8, 4) is 5.75 Å².